The Kier molecular flexibility index (Phi) is 2.92. The van der Waals surface area contributed by atoms with Gasteiger partial charge in [-0.3, -0.25) is 0 Å². The molecule has 0 N–H and O–H groups in total. The summed E-state index contributed by atoms with van der Waals surface area (Å²) in [6.07, 6.45) is 0. The van der Waals surface area contributed by atoms with Crippen LogP contribution in [0.25, 0.3) is 10.2 Å². The third-order valence-electron chi connectivity index (χ3n) is 2.29. The van der Waals surface area contributed by atoms with Crippen molar-refractivity contribution in [1.82, 2.24) is 9.97 Å². The number of thiophene rings is 1. The Bertz CT molecular complexity index is 530. The van der Waals surface area contributed by atoms with E-state index in [9.17, 15) is 0 Å². The van der Waals surface area contributed by atoms with Gasteiger partial charge in [0.1, 0.15) is 16.5 Å². The lowest BCUT2D eigenvalue weighted by Gasteiger charge is -2.19. The topological polar surface area (TPSA) is 29.0 Å². The Morgan fingerprint density at radius 1 is 1.50 bits per heavy atom. The van der Waals surface area contributed by atoms with Gasteiger partial charge in [0.15, 0.2) is 0 Å². The van der Waals surface area contributed by atoms with Gasteiger partial charge in [-0.15, -0.1) is 11.3 Å². The molecule has 0 atom stereocenters. The van der Waals surface area contributed by atoms with Crippen LogP contribution in [-0.4, -0.2) is 23.6 Å². The highest BCUT2D eigenvalue weighted by atomic mass is 32.1. The highest BCUT2D eigenvalue weighted by Gasteiger charge is 2.10. The van der Waals surface area contributed by atoms with Gasteiger partial charge >= 0.3 is 0 Å². The summed E-state index contributed by atoms with van der Waals surface area (Å²) in [7, 11) is 2.04. The molecule has 16 heavy (non-hydrogen) atoms. The van der Waals surface area contributed by atoms with E-state index >= 15 is 0 Å². The van der Waals surface area contributed by atoms with Gasteiger partial charge in [-0.1, -0.05) is 12.2 Å². The average molecular weight is 233 g/mol. The first-order valence-corrected chi connectivity index (χ1v) is 6.03. The van der Waals surface area contributed by atoms with Crippen molar-refractivity contribution in [3.8, 4) is 0 Å². The summed E-state index contributed by atoms with van der Waals surface area (Å²) in [4.78, 5) is 12.1. The van der Waals surface area contributed by atoms with Gasteiger partial charge in [-0.2, -0.15) is 0 Å². The van der Waals surface area contributed by atoms with E-state index in [4.69, 9.17) is 0 Å². The van der Waals surface area contributed by atoms with Crippen LogP contribution in [0.5, 0.6) is 0 Å². The fraction of sp³-hybridized carbons (Fsp3) is 0.333. The fourth-order valence-electron chi connectivity index (χ4n) is 1.71. The molecule has 0 bridgehead atoms. The minimum absolute atomic E-state index is 0.818. The first-order chi connectivity index (χ1) is 7.58. The molecule has 2 rings (SSSR count). The summed E-state index contributed by atoms with van der Waals surface area (Å²) in [6, 6.07) is 2.07. The Balaban J connectivity index is 2.49. The monoisotopic (exact) mass is 233 g/mol. The SMILES string of the molecule is C=C(C)CN(C)c1nc(C)nc2sccc12. The van der Waals surface area contributed by atoms with Gasteiger partial charge in [0.25, 0.3) is 0 Å². The van der Waals surface area contributed by atoms with E-state index in [0.29, 0.717) is 0 Å². The van der Waals surface area contributed by atoms with Crippen LogP contribution in [-0.2, 0) is 0 Å². The smallest absolute Gasteiger partial charge is 0.141 e. The molecule has 0 amide bonds. The van der Waals surface area contributed by atoms with Crippen molar-refractivity contribution < 1.29 is 0 Å². The number of fused-ring (bicyclic) bond motifs is 1. The molecule has 84 valence electrons. The summed E-state index contributed by atoms with van der Waals surface area (Å²) >= 11 is 1.65. The van der Waals surface area contributed by atoms with Gasteiger partial charge in [-0.05, 0) is 25.3 Å². The zero-order chi connectivity index (χ0) is 11.7. The average Bonchev–Trinajstić information content (AvgIpc) is 2.62. The Labute approximate surface area is 99.5 Å². The standard InChI is InChI=1S/C12H15N3S/c1-8(2)7-15(4)11-10-5-6-16-12(10)14-9(3)13-11/h5-6H,1,7H2,2-4H3. The van der Waals surface area contributed by atoms with Crippen LogP contribution in [0.4, 0.5) is 5.82 Å². The molecule has 0 saturated carbocycles. The maximum Gasteiger partial charge on any atom is 0.141 e. The molecule has 0 unspecified atom stereocenters. The van der Waals surface area contributed by atoms with E-state index in [1.54, 1.807) is 11.3 Å². The second-order valence-electron chi connectivity index (χ2n) is 4.05. The summed E-state index contributed by atoms with van der Waals surface area (Å²) in [5.41, 5.74) is 1.13. The number of likely N-dealkylation sites (N-methyl/N-ethyl adjacent to an activating group) is 1. The van der Waals surface area contributed by atoms with Crippen LogP contribution in [0.15, 0.2) is 23.6 Å². The molecule has 0 spiro atoms. The van der Waals surface area contributed by atoms with E-state index in [1.165, 1.54) is 0 Å². The van der Waals surface area contributed by atoms with Crippen molar-refractivity contribution in [3.05, 3.63) is 29.4 Å². The zero-order valence-corrected chi connectivity index (χ0v) is 10.6. The number of aryl methyl sites for hydroxylation is 1. The second-order valence-corrected chi connectivity index (χ2v) is 4.94. The molecular formula is C12H15N3S. The lowest BCUT2D eigenvalue weighted by Crippen LogP contribution is -2.20. The molecule has 0 radical (unpaired) electrons. The lowest BCUT2D eigenvalue weighted by atomic mass is 10.3. The second kappa shape index (κ2) is 4.22. The highest BCUT2D eigenvalue weighted by Crippen LogP contribution is 2.27. The molecule has 3 nitrogen and oxygen atoms in total. The minimum atomic E-state index is 0.818. The maximum absolute atomic E-state index is 4.51. The molecule has 0 aliphatic heterocycles. The Morgan fingerprint density at radius 2 is 2.25 bits per heavy atom. The zero-order valence-electron chi connectivity index (χ0n) is 9.82. The molecule has 0 aromatic carbocycles. The molecule has 0 fully saturated rings. The quantitative estimate of drug-likeness (QED) is 0.763. The largest absolute Gasteiger partial charge is 0.355 e. The summed E-state index contributed by atoms with van der Waals surface area (Å²) in [6.45, 7) is 8.70. The summed E-state index contributed by atoms with van der Waals surface area (Å²) in [5, 5.41) is 3.18. The van der Waals surface area contributed by atoms with Crippen molar-refractivity contribution in [2.45, 2.75) is 13.8 Å². The number of rotatable bonds is 3. The number of anilines is 1. The van der Waals surface area contributed by atoms with Gasteiger partial charge in [0, 0.05) is 13.6 Å². The molecule has 0 aliphatic rings. The normalized spacial score (nSPS) is 10.7. The molecular weight excluding hydrogens is 218 g/mol. The van der Waals surface area contributed by atoms with Gasteiger partial charge in [-0.25, -0.2) is 9.97 Å². The maximum atomic E-state index is 4.51. The van der Waals surface area contributed by atoms with Crippen molar-refractivity contribution in [2.75, 3.05) is 18.5 Å². The highest BCUT2D eigenvalue weighted by molar-refractivity contribution is 7.16. The predicted molar refractivity (Wildman–Crippen MR) is 70.2 cm³/mol. The fourth-order valence-corrected chi connectivity index (χ4v) is 2.52. The minimum Gasteiger partial charge on any atom is -0.355 e. The van der Waals surface area contributed by atoms with Gasteiger partial charge < -0.3 is 4.90 Å². The molecule has 0 aliphatic carbocycles. The van der Waals surface area contributed by atoms with Gasteiger partial charge in [0.2, 0.25) is 0 Å². The van der Waals surface area contributed by atoms with Crippen LogP contribution >= 0.6 is 11.3 Å². The van der Waals surface area contributed by atoms with Crippen molar-refractivity contribution in [1.29, 1.82) is 0 Å². The van der Waals surface area contributed by atoms with E-state index in [2.05, 4.69) is 32.9 Å². The van der Waals surface area contributed by atoms with Crippen LogP contribution in [0, 0.1) is 6.92 Å². The molecule has 2 aromatic heterocycles. The van der Waals surface area contributed by atoms with E-state index in [-0.39, 0.29) is 0 Å². The molecule has 2 aromatic rings. The third kappa shape index (κ3) is 2.07. The first kappa shape index (κ1) is 11.1. The van der Waals surface area contributed by atoms with Crippen LogP contribution < -0.4 is 4.90 Å². The first-order valence-electron chi connectivity index (χ1n) is 5.15. The predicted octanol–water partition coefficient (Wildman–Crippen LogP) is 3.01. The number of hydrogen-bond acceptors (Lipinski definition) is 4. The molecule has 0 saturated heterocycles. The number of aromatic nitrogens is 2. The Morgan fingerprint density at radius 3 is 2.94 bits per heavy atom. The summed E-state index contributed by atoms with van der Waals surface area (Å²) < 4.78 is 0. The lowest BCUT2D eigenvalue weighted by molar-refractivity contribution is 0.941. The van der Waals surface area contributed by atoms with Crippen molar-refractivity contribution >= 4 is 27.4 Å². The number of hydrogen-bond donors (Lipinski definition) is 0. The van der Waals surface area contributed by atoms with Crippen molar-refractivity contribution in [3.63, 3.8) is 0 Å². The van der Waals surface area contributed by atoms with E-state index in [1.807, 2.05) is 20.9 Å². The van der Waals surface area contributed by atoms with E-state index in [0.717, 1.165) is 34.0 Å². The molecule has 4 heteroatoms. The van der Waals surface area contributed by atoms with Crippen LogP contribution in [0.1, 0.15) is 12.7 Å². The molecule has 2 heterocycles. The third-order valence-corrected chi connectivity index (χ3v) is 3.09. The Hall–Kier alpha value is -1.42. The van der Waals surface area contributed by atoms with Crippen molar-refractivity contribution in [2.24, 2.45) is 0 Å². The summed E-state index contributed by atoms with van der Waals surface area (Å²) in [5.74, 6) is 1.81. The number of nitrogens with zero attached hydrogens (tertiary/aromatic N) is 3. The van der Waals surface area contributed by atoms with E-state index < -0.39 is 0 Å². The van der Waals surface area contributed by atoms with Crippen LogP contribution in [0.2, 0.25) is 0 Å². The van der Waals surface area contributed by atoms with Gasteiger partial charge in [0.05, 0.1) is 5.39 Å². The van der Waals surface area contributed by atoms with Crippen LogP contribution in [0.3, 0.4) is 0 Å².